The Labute approximate surface area is 201 Å². The van der Waals surface area contributed by atoms with Gasteiger partial charge in [0.1, 0.15) is 11.4 Å². The number of carbonyl (C=O) groups excluding carboxylic acids is 1. The van der Waals surface area contributed by atoms with Gasteiger partial charge in [0.25, 0.3) is 0 Å². The van der Waals surface area contributed by atoms with Crippen molar-refractivity contribution in [2.75, 3.05) is 5.32 Å². The van der Waals surface area contributed by atoms with E-state index in [9.17, 15) is 4.79 Å². The third kappa shape index (κ3) is 4.43. The number of rotatable bonds is 6. The fourth-order valence-electron chi connectivity index (χ4n) is 3.73. The lowest BCUT2D eigenvalue weighted by Gasteiger charge is -2.22. The van der Waals surface area contributed by atoms with Crippen LogP contribution in [0.2, 0.25) is 0 Å². The zero-order valence-corrected chi connectivity index (χ0v) is 19.9. The number of aromatic nitrogens is 3. The van der Waals surface area contributed by atoms with Crippen LogP contribution in [0, 0.1) is 0 Å². The number of imidazole rings is 1. The average Bonchev–Trinajstić information content (AvgIpc) is 3.49. The molecule has 170 valence electrons. The molecule has 0 radical (unpaired) electrons. The minimum Gasteiger partial charge on any atom is -0.437 e. The van der Waals surface area contributed by atoms with Crippen molar-refractivity contribution in [2.45, 2.75) is 26.2 Å². The zero-order chi connectivity index (χ0) is 23.7. The van der Waals surface area contributed by atoms with E-state index in [1.807, 2.05) is 60.0 Å². The van der Waals surface area contributed by atoms with E-state index in [0.29, 0.717) is 33.5 Å². The number of thiophene rings is 1. The van der Waals surface area contributed by atoms with Gasteiger partial charge in [-0.1, -0.05) is 45.0 Å². The van der Waals surface area contributed by atoms with Crippen LogP contribution in [0.4, 0.5) is 11.6 Å². The average molecular weight is 469 g/mol. The van der Waals surface area contributed by atoms with Crippen LogP contribution in [0.1, 0.15) is 41.6 Å². The second-order valence-electron chi connectivity index (χ2n) is 8.95. The largest absolute Gasteiger partial charge is 0.437 e. The number of aromatic amines is 1. The van der Waals surface area contributed by atoms with E-state index < -0.39 is 0 Å². The summed E-state index contributed by atoms with van der Waals surface area (Å²) >= 11 is 1.43. The van der Waals surface area contributed by atoms with Gasteiger partial charge in [0.15, 0.2) is 0 Å². The summed E-state index contributed by atoms with van der Waals surface area (Å²) in [7, 11) is 0. The smallest absolute Gasteiger partial charge is 0.243 e. The number of pyridine rings is 1. The van der Waals surface area contributed by atoms with Crippen molar-refractivity contribution < 1.29 is 9.53 Å². The van der Waals surface area contributed by atoms with Crippen LogP contribution in [0.15, 0.2) is 78.3 Å². The Morgan fingerprint density at radius 2 is 1.88 bits per heavy atom. The van der Waals surface area contributed by atoms with Crippen molar-refractivity contribution in [3.05, 3.63) is 94.3 Å². The van der Waals surface area contributed by atoms with Crippen LogP contribution in [-0.2, 0) is 5.41 Å². The highest BCUT2D eigenvalue weighted by Gasteiger charge is 2.20. The normalized spacial score (nSPS) is 11.5. The first-order valence-corrected chi connectivity index (χ1v) is 11.8. The van der Waals surface area contributed by atoms with E-state index in [0.717, 1.165) is 16.8 Å². The van der Waals surface area contributed by atoms with Crippen molar-refractivity contribution >= 4 is 39.8 Å². The van der Waals surface area contributed by atoms with Crippen LogP contribution >= 0.6 is 11.3 Å². The van der Waals surface area contributed by atoms with E-state index in [1.54, 1.807) is 12.3 Å². The summed E-state index contributed by atoms with van der Waals surface area (Å²) in [5.74, 6) is 1.75. The lowest BCUT2D eigenvalue weighted by molar-refractivity contribution is 0.104. The molecule has 0 amide bonds. The second kappa shape index (κ2) is 8.76. The summed E-state index contributed by atoms with van der Waals surface area (Å²) in [6.45, 7) is 6.45. The first-order valence-electron chi connectivity index (χ1n) is 11.0. The fraction of sp³-hybridized carbons (Fsp3) is 0.148. The zero-order valence-electron chi connectivity index (χ0n) is 19.1. The highest BCUT2D eigenvalue weighted by Crippen LogP contribution is 2.36. The van der Waals surface area contributed by atoms with Gasteiger partial charge in [-0.2, -0.15) is 0 Å². The maximum Gasteiger partial charge on any atom is 0.243 e. The second-order valence-corrected chi connectivity index (χ2v) is 9.90. The van der Waals surface area contributed by atoms with Gasteiger partial charge in [-0.15, -0.1) is 11.3 Å². The van der Waals surface area contributed by atoms with E-state index in [1.165, 1.54) is 11.3 Å². The van der Waals surface area contributed by atoms with E-state index >= 15 is 0 Å². The first-order chi connectivity index (χ1) is 16.4. The van der Waals surface area contributed by atoms with Crippen LogP contribution in [0.3, 0.4) is 0 Å². The van der Waals surface area contributed by atoms with Gasteiger partial charge in [-0.3, -0.25) is 4.79 Å². The number of hydrogen-bond acceptors (Lipinski definition) is 6. The number of benzene rings is 2. The quantitative estimate of drug-likeness (QED) is 0.260. The summed E-state index contributed by atoms with van der Waals surface area (Å²) in [6.07, 6.45) is 1.70. The Bertz CT molecular complexity index is 1470. The molecule has 2 N–H and O–H groups in total. The van der Waals surface area contributed by atoms with Gasteiger partial charge in [0, 0.05) is 17.3 Å². The minimum absolute atomic E-state index is 0.00475. The lowest BCUT2D eigenvalue weighted by Crippen LogP contribution is -2.12. The molecule has 3 heterocycles. The van der Waals surface area contributed by atoms with Crippen molar-refractivity contribution in [2.24, 2.45) is 0 Å². The molecular formula is C27H24N4O2S. The number of ether oxygens (including phenoxy) is 1. The number of ketones is 1. The Kier molecular flexibility index (Phi) is 5.63. The van der Waals surface area contributed by atoms with Gasteiger partial charge in [0.05, 0.1) is 15.9 Å². The molecule has 0 aliphatic carbocycles. The van der Waals surface area contributed by atoms with Crippen LogP contribution in [0.25, 0.3) is 11.0 Å². The van der Waals surface area contributed by atoms with Gasteiger partial charge >= 0.3 is 0 Å². The summed E-state index contributed by atoms with van der Waals surface area (Å²) in [5.41, 5.74) is 3.84. The Morgan fingerprint density at radius 3 is 2.68 bits per heavy atom. The predicted molar refractivity (Wildman–Crippen MR) is 137 cm³/mol. The highest BCUT2D eigenvalue weighted by atomic mass is 32.1. The molecule has 2 aromatic carbocycles. The van der Waals surface area contributed by atoms with Gasteiger partial charge < -0.3 is 15.0 Å². The maximum absolute atomic E-state index is 12.7. The molecule has 5 rings (SSSR count). The Hall–Kier alpha value is -3.97. The highest BCUT2D eigenvalue weighted by molar-refractivity contribution is 7.12. The molecule has 7 heteroatoms. The maximum atomic E-state index is 12.7. The van der Waals surface area contributed by atoms with Crippen molar-refractivity contribution in [1.29, 1.82) is 0 Å². The van der Waals surface area contributed by atoms with Crippen molar-refractivity contribution in [1.82, 2.24) is 15.0 Å². The SMILES string of the molecule is CC(C)(C)c1ccccc1Oc1ncccc1Nc1nc2cc(C(=O)c3cccs3)ccc2[nH]1. The summed E-state index contributed by atoms with van der Waals surface area (Å²) < 4.78 is 6.25. The van der Waals surface area contributed by atoms with Crippen LogP contribution < -0.4 is 10.1 Å². The minimum atomic E-state index is -0.0735. The molecule has 0 saturated heterocycles. The molecule has 6 nitrogen and oxygen atoms in total. The number of carbonyl (C=O) groups is 1. The Morgan fingerprint density at radius 1 is 1.03 bits per heavy atom. The van der Waals surface area contributed by atoms with Crippen molar-refractivity contribution in [3.63, 3.8) is 0 Å². The lowest BCUT2D eigenvalue weighted by atomic mass is 9.86. The molecule has 34 heavy (non-hydrogen) atoms. The van der Waals surface area contributed by atoms with E-state index in [4.69, 9.17) is 4.74 Å². The standard InChI is InChI=1S/C27H24N4O2S/c1-27(2,3)18-8-4-5-10-22(18)33-25-20(9-6-14-28-25)30-26-29-19-13-12-17(16-21(19)31-26)24(32)23-11-7-15-34-23/h4-16H,1-3H3,(H2,29,30,31). The summed E-state index contributed by atoms with van der Waals surface area (Å²) in [4.78, 5) is 25.7. The topological polar surface area (TPSA) is 79.9 Å². The third-order valence-corrected chi connectivity index (χ3v) is 6.28. The van der Waals surface area contributed by atoms with Gasteiger partial charge in [-0.05, 0) is 53.3 Å². The first kappa shape index (κ1) is 21.9. The van der Waals surface area contributed by atoms with Gasteiger partial charge in [-0.25, -0.2) is 9.97 Å². The van der Waals surface area contributed by atoms with Crippen LogP contribution in [-0.4, -0.2) is 20.7 Å². The van der Waals surface area contributed by atoms with Gasteiger partial charge in [0.2, 0.25) is 17.6 Å². The number of para-hydroxylation sites is 1. The molecule has 0 atom stereocenters. The molecule has 3 aromatic heterocycles. The number of nitrogens with one attached hydrogen (secondary N) is 2. The summed E-state index contributed by atoms with van der Waals surface area (Å²) in [5, 5.41) is 5.18. The molecule has 0 saturated carbocycles. The third-order valence-electron chi connectivity index (χ3n) is 5.42. The monoisotopic (exact) mass is 468 g/mol. The molecule has 0 aliphatic heterocycles. The molecule has 0 bridgehead atoms. The van der Waals surface area contributed by atoms with E-state index in [2.05, 4.69) is 47.1 Å². The van der Waals surface area contributed by atoms with Crippen molar-refractivity contribution in [3.8, 4) is 11.6 Å². The number of anilines is 2. The number of nitrogens with zero attached hydrogens (tertiary/aromatic N) is 2. The molecule has 0 fully saturated rings. The molecule has 5 aromatic rings. The van der Waals surface area contributed by atoms with Crippen LogP contribution in [0.5, 0.6) is 11.6 Å². The Balaban J connectivity index is 1.43. The number of H-pyrrole nitrogens is 1. The summed E-state index contributed by atoms with van der Waals surface area (Å²) in [6, 6.07) is 20.9. The molecule has 0 aliphatic rings. The molecule has 0 unspecified atom stereocenters. The molecule has 0 spiro atoms. The molecular weight excluding hydrogens is 444 g/mol. The number of fused-ring (bicyclic) bond motifs is 1. The fourth-order valence-corrected chi connectivity index (χ4v) is 4.42. The predicted octanol–water partition coefficient (Wildman–Crippen LogP) is 7.08. The van der Waals surface area contributed by atoms with E-state index in [-0.39, 0.29) is 11.2 Å². The number of hydrogen-bond donors (Lipinski definition) is 2.